The lowest BCUT2D eigenvalue weighted by atomic mass is 10.0. The molecule has 2 aliphatic rings. The molecule has 2 atom stereocenters. The third-order valence-electron chi connectivity index (χ3n) is 4.70. The quantitative estimate of drug-likeness (QED) is 0.664. The molecule has 1 aromatic rings. The summed E-state index contributed by atoms with van der Waals surface area (Å²) < 4.78 is 4.91. The van der Waals surface area contributed by atoms with E-state index in [-0.39, 0.29) is 5.97 Å². The van der Waals surface area contributed by atoms with Gasteiger partial charge >= 0.3 is 5.97 Å². The van der Waals surface area contributed by atoms with Gasteiger partial charge in [-0.25, -0.2) is 4.79 Å². The molecule has 2 N–H and O–H groups in total. The minimum absolute atomic E-state index is 0.321. The van der Waals surface area contributed by atoms with Crippen LogP contribution < -0.4 is 10.6 Å². The summed E-state index contributed by atoms with van der Waals surface area (Å²) in [6, 6.07) is 6.38. The molecule has 2 heterocycles. The molecule has 2 saturated heterocycles. The van der Waals surface area contributed by atoms with Crippen molar-refractivity contribution in [2.24, 2.45) is 0 Å². The van der Waals surface area contributed by atoms with Crippen molar-refractivity contribution >= 4 is 17.3 Å². The van der Waals surface area contributed by atoms with Crippen LogP contribution in [-0.4, -0.2) is 49.7 Å². The van der Waals surface area contributed by atoms with Crippen molar-refractivity contribution in [2.45, 2.75) is 31.8 Å². The van der Waals surface area contributed by atoms with Crippen molar-refractivity contribution in [3.8, 4) is 0 Å². The number of methoxy groups -OCH3 is 1. The molecule has 0 aromatic heterocycles. The van der Waals surface area contributed by atoms with E-state index in [1.165, 1.54) is 26.5 Å². The highest BCUT2D eigenvalue weighted by Gasteiger charge is 2.36. The molecule has 2 unspecified atom stereocenters. The number of esters is 1. The Morgan fingerprint density at radius 1 is 1.38 bits per heavy atom. The van der Waals surface area contributed by atoms with E-state index in [1.807, 2.05) is 12.1 Å². The first-order chi connectivity index (χ1) is 10.1. The van der Waals surface area contributed by atoms with E-state index in [4.69, 9.17) is 10.5 Å². The van der Waals surface area contributed by atoms with Gasteiger partial charge in [-0.05, 0) is 38.4 Å². The number of nitrogens with two attached hydrogens (primary N) is 1. The van der Waals surface area contributed by atoms with Gasteiger partial charge in [-0.15, -0.1) is 0 Å². The van der Waals surface area contributed by atoms with Crippen LogP contribution in [0.3, 0.4) is 0 Å². The minimum Gasteiger partial charge on any atom is -0.465 e. The maximum Gasteiger partial charge on any atom is 0.340 e. The van der Waals surface area contributed by atoms with Crippen molar-refractivity contribution in [3.05, 3.63) is 23.8 Å². The lowest BCUT2D eigenvalue weighted by Gasteiger charge is -2.44. The van der Waals surface area contributed by atoms with E-state index in [1.54, 1.807) is 6.07 Å². The van der Waals surface area contributed by atoms with E-state index in [9.17, 15) is 4.79 Å². The van der Waals surface area contributed by atoms with Gasteiger partial charge in [0.2, 0.25) is 0 Å². The third-order valence-corrected chi connectivity index (χ3v) is 4.70. The third kappa shape index (κ3) is 2.46. The summed E-state index contributed by atoms with van der Waals surface area (Å²) in [6.07, 6.45) is 2.49. The second-order valence-corrected chi connectivity index (χ2v) is 6.03. The molecule has 3 rings (SSSR count). The summed E-state index contributed by atoms with van der Waals surface area (Å²) in [6.45, 7) is 5.35. The average Bonchev–Trinajstić information content (AvgIpc) is 2.92. The molecule has 0 radical (unpaired) electrons. The number of carbonyl (C=O) groups excluding carboxylic acids is 1. The number of nitrogen functional groups attached to an aromatic ring is 1. The highest BCUT2D eigenvalue weighted by atomic mass is 16.5. The second kappa shape index (κ2) is 5.56. The molecule has 0 bridgehead atoms. The number of ether oxygens (including phenoxy) is 1. The van der Waals surface area contributed by atoms with Crippen LogP contribution in [0, 0.1) is 0 Å². The molecule has 2 fully saturated rings. The Bertz CT molecular complexity index is 546. The van der Waals surface area contributed by atoms with E-state index >= 15 is 0 Å². The Balaban J connectivity index is 1.97. The molecule has 0 amide bonds. The number of fused-ring (bicyclic) bond motifs is 1. The number of hydrogen-bond donors (Lipinski definition) is 1. The summed E-state index contributed by atoms with van der Waals surface area (Å²) in [5.41, 5.74) is 8.23. The molecule has 2 aliphatic heterocycles. The van der Waals surface area contributed by atoms with Crippen molar-refractivity contribution in [1.82, 2.24) is 4.90 Å². The zero-order valence-electron chi connectivity index (χ0n) is 12.7. The molecule has 5 nitrogen and oxygen atoms in total. The predicted octanol–water partition coefficient (Wildman–Crippen LogP) is 1.73. The Hall–Kier alpha value is -1.75. The summed E-state index contributed by atoms with van der Waals surface area (Å²) in [5, 5.41) is 0. The number of anilines is 2. The molecule has 0 aliphatic carbocycles. The molecule has 5 heteroatoms. The van der Waals surface area contributed by atoms with Crippen molar-refractivity contribution < 1.29 is 9.53 Å². The number of benzene rings is 1. The van der Waals surface area contributed by atoms with Crippen LogP contribution in [-0.2, 0) is 4.74 Å². The van der Waals surface area contributed by atoms with E-state index in [2.05, 4.69) is 16.7 Å². The first-order valence-electron chi connectivity index (χ1n) is 7.59. The normalized spacial score (nSPS) is 25.7. The van der Waals surface area contributed by atoms with E-state index in [0.29, 0.717) is 23.3 Å². The van der Waals surface area contributed by atoms with E-state index < -0.39 is 0 Å². The van der Waals surface area contributed by atoms with Gasteiger partial charge in [-0.1, -0.05) is 6.07 Å². The van der Waals surface area contributed by atoms with Crippen LogP contribution in [0.2, 0.25) is 0 Å². The van der Waals surface area contributed by atoms with Crippen LogP contribution in [0.25, 0.3) is 0 Å². The van der Waals surface area contributed by atoms with Gasteiger partial charge in [-0.3, -0.25) is 4.90 Å². The molecule has 0 saturated carbocycles. The maximum atomic E-state index is 12.0. The highest BCUT2D eigenvalue weighted by Crippen LogP contribution is 2.34. The number of carbonyl (C=O) groups is 1. The smallest absolute Gasteiger partial charge is 0.340 e. The van der Waals surface area contributed by atoms with Crippen LogP contribution in [0.1, 0.15) is 30.1 Å². The van der Waals surface area contributed by atoms with Crippen LogP contribution in [0.5, 0.6) is 0 Å². The zero-order chi connectivity index (χ0) is 15.0. The van der Waals surface area contributed by atoms with Crippen LogP contribution in [0.4, 0.5) is 11.4 Å². The number of hydrogen-bond acceptors (Lipinski definition) is 5. The molecule has 1 aromatic carbocycles. The first-order valence-corrected chi connectivity index (χ1v) is 7.59. The Kier molecular flexibility index (Phi) is 3.76. The van der Waals surface area contributed by atoms with Crippen LogP contribution in [0.15, 0.2) is 18.2 Å². The van der Waals surface area contributed by atoms with Gasteiger partial charge in [0, 0.05) is 25.2 Å². The molecule has 21 heavy (non-hydrogen) atoms. The minimum atomic E-state index is -0.321. The number of para-hydroxylation sites is 1. The van der Waals surface area contributed by atoms with Crippen LogP contribution >= 0.6 is 0 Å². The summed E-state index contributed by atoms with van der Waals surface area (Å²) in [5.74, 6) is -0.321. The number of piperazine rings is 1. The molecular formula is C16H23N3O2. The van der Waals surface area contributed by atoms with Gasteiger partial charge in [0.1, 0.15) is 0 Å². The summed E-state index contributed by atoms with van der Waals surface area (Å²) >= 11 is 0. The van der Waals surface area contributed by atoms with Crippen molar-refractivity contribution in [2.75, 3.05) is 37.4 Å². The van der Waals surface area contributed by atoms with Gasteiger partial charge in [-0.2, -0.15) is 0 Å². The fourth-order valence-corrected chi connectivity index (χ4v) is 3.66. The summed E-state index contributed by atoms with van der Waals surface area (Å²) in [4.78, 5) is 16.9. The first kappa shape index (κ1) is 14.2. The highest BCUT2D eigenvalue weighted by molar-refractivity contribution is 5.99. The topological polar surface area (TPSA) is 58.8 Å². The Morgan fingerprint density at radius 3 is 2.95 bits per heavy atom. The molecule has 114 valence electrons. The van der Waals surface area contributed by atoms with E-state index in [0.717, 1.165) is 18.8 Å². The monoisotopic (exact) mass is 289 g/mol. The molecule has 0 spiro atoms. The predicted molar refractivity (Wildman–Crippen MR) is 83.6 cm³/mol. The SMILES string of the molecule is COC(=O)c1cccc(N)c1N1CC2CCCN2CC1C. The van der Waals surface area contributed by atoms with Crippen molar-refractivity contribution in [3.63, 3.8) is 0 Å². The van der Waals surface area contributed by atoms with Gasteiger partial charge < -0.3 is 15.4 Å². The Labute approximate surface area is 125 Å². The largest absolute Gasteiger partial charge is 0.465 e. The molecular weight excluding hydrogens is 266 g/mol. The standard InChI is InChI=1S/C16H23N3O2/c1-11-9-18-8-4-5-12(18)10-19(11)15-13(16(20)21-2)6-3-7-14(15)17/h3,6-7,11-12H,4-5,8-10,17H2,1-2H3. The number of nitrogens with zero attached hydrogens (tertiary/aromatic N) is 2. The number of rotatable bonds is 2. The fraction of sp³-hybridized carbons (Fsp3) is 0.562. The average molecular weight is 289 g/mol. The fourth-order valence-electron chi connectivity index (χ4n) is 3.66. The van der Waals surface area contributed by atoms with Crippen molar-refractivity contribution in [1.29, 1.82) is 0 Å². The van der Waals surface area contributed by atoms with Gasteiger partial charge in [0.25, 0.3) is 0 Å². The second-order valence-electron chi connectivity index (χ2n) is 6.03. The zero-order valence-corrected chi connectivity index (χ0v) is 12.7. The lowest BCUT2D eigenvalue weighted by molar-refractivity contribution is 0.0601. The van der Waals surface area contributed by atoms with Gasteiger partial charge in [0.05, 0.1) is 24.0 Å². The summed E-state index contributed by atoms with van der Waals surface area (Å²) in [7, 11) is 1.41. The Morgan fingerprint density at radius 2 is 2.19 bits per heavy atom. The van der Waals surface area contributed by atoms with Gasteiger partial charge in [0.15, 0.2) is 0 Å². The maximum absolute atomic E-state index is 12.0. The lowest BCUT2D eigenvalue weighted by Crippen LogP contribution is -2.55.